The Labute approximate surface area is 141 Å². The molecule has 1 aromatic carbocycles. The minimum absolute atomic E-state index is 0.0845. The lowest BCUT2D eigenvalue weighted by atomic mass is 10.2. The third kappa shape index (κ3) is 3.70. The smallest absolute Gasteiger partial charge is 0.243 e. The molecule has 124 valence electrons. The molecule has 3 rings (SSSR count). The average Bonchev–Trinajstić information content (AvgIpc) is 3.31. The van der Waals surface area contributed by atoms with Crippen LogP contribution in [0.15, 0.2) is 27.6 Å². The van der Waals surface area contributed by atoms with Gasteiger partial charge in [0.1, 0.15) is 5.75 Å². The first kappa shape index (κ1) is 16.3. The van der Waals surface area contributed by atoms with Crippen LogP contribution < -0.4 is 4.74 Å². The summed E-state index contributed by atoms with van der Waals surface area (Å²) in [5, 5.41) is 4.10. The van der Waals surface area contributed by atoms with E-state index in [1.165, 1.54) is 18.4 Å². The summed E-state index contributed by atoms with van der Waals surface area (Å²) < 4.78 is 10.9. The van der Waals surface area contributed by atoms with Crippen LogP contribution >= 0.6 is 11.8 Å². The Morgan fingerprint density at radius 2 is 2.22 bits per heavy atom. The van der Waals surface area contributed by atoms with Gasteiger partial charge in [-0.15, -0.1) is 11.8 Å². The fourth-order valence-corrected chi connectivity index (χ4v) is 3.06. The molecule has 1 saturated carbocycles. The van der Waals surface area contributed by atoms with Gasteiger partial charge in [-0.3, -0.25) is 4.90 Å². The third-order valence-corrected chi connectivity index (χ3v) is 5.08. The predicted molar refractivity (Wildman–Crippen MR) is 90.9 cm³/mol. The van der Waals surface area contributed by atoms with E-state index in [-0.39, 0.29) is 6.04 Å². The molecule has 0 amide bonds. The monoisotopic (exact) mass is 333 g/mol. The molecule has 0 spiro atoms. The maximum atomic E-state index is 5.46. The highest BCUT2D eigenvalue weighted by molar-refractivity contribution is 7.98. The third-order valence-electron chi connectivity index (χ3n) is 4.30. The SMILES string of the molecule is COc1cc(CN(C)[C@H](C)c2nc(C3CC3)no2)ccc1SC. The second kappa shape index (κ2) is 6.93. The molecule has 1 atom stereocenters. The molecule has 1 fully saturated rings. The van der Waals surface area contributed by atoms with E-state index in [0.29, 0.717) is 11.8 Å². The van der Waals surface area contributed by atoms with Gasteiger partial charge in [-0.25, -0.2) is 0 Å². The predicted octanol–water partition coefficient (Wildman–Crippen LogP) is 3.87. The number of hydrogen-bond donors (Lipinski definition) is 0. The molecular weight excluding hydrogens is 310 g/mol. The van der Waals surface area contributed by atoms with Crippen LogP contribution in [0.4, 0.5) is 0 Å². The normalized spacial score (nSPS) is 15.9. The van der Waals surface area contributed by atoms with E-state index in [0.717, 1.165) is 23.0 Å². The van der Waals surface area contributed by atoms with E-state index < -0.39 is 0 Å². The van der Waals surface area contributed by atoms with Crippen molar-refractivity contribution >= 4 is 11.8 Å². The molecule has 1 aliphatic rings. The second-order valence-corrected chi connectivity index (χ2v) is 6.89. The number of nitrogens with zero attached hydrogens (tertiary/aromatic N) is 3. The Morgan fingerprint density at radius 3 is 2.87 bits per heavy atom. The van der Waals surface area contributed by atoms with Crippen LogP contribution in [0.1, 0.15) is 49.0 Å². The van der Waals surface area contributed by atoms with Crippen LogP contribution in [-0.4, -0.2) is 35.5 Å². The Balaban J connectivity index is 1.68. The average molecular weight is 333 g/mol. The van der Waals surface area contributed by atoms with E-state index in [1.54, 1.807) is 18.9 Å². The Kier molecular flexibility index (Phi) is 4.92. The minimum Gasteiger partial charge on any atom is -0.496 e. The largest absolute Gasteiger partial charge is 0.496 e. The van der Waals surface area contributed by atoms with Gasteiger partial charge in [-0.05, 0) is 50.8 Å². The zero-order valence-electron chi connectivity index (χ0n) is 14.1. The van der Waals surface area contributed by atoms with Gasteiger partial charge in [-0.2, -0.15) is 4.98 Å². The van der Waals surface area contributed by atoms with Gasteiger partial charge >= 0.3 is 0 Å². The van der Waals surface area contributed by atoms with E-state index in [4.69, 9.17) is 9.26 Å². The Hall–Kier alpha value is -1.53. The number of aromatic nitrogens is 2. The van der Waals surface area contributed by atoms with E-state index in [9.17, 15) is 0 Å². The summed E-state index contributed by atoms with van der Waals surface area (Å²) in [5.41, 5.74) is 1.20. The molecule has 1 aliphatic carbocycles. The van der Waals surface area contributed by atoms with Crippen LogP contribution in [0.2, 0.25) is 0 Å². The lowest BCUT2D eigenvalue weighted by Crippen LogP contribution is -2.22. The summed E-state index contributed by atoms with van der Waals surface area (Å²) in [5.74, 6) is 3.01. The van der Waals surface area contributed by atoms with Crippen molar-refractivity contribution in [3.63, 3.8) is 0 Å². The summed E-state index contributed by atoms with van der Waals surface area (Å²) in [6, 6.07) is 6.43. The van der Waals surface area contributed by atoms with Gasteiger partial charge in [0.25, 0.3) is 0 Å². The fourth-order valence-electron chi connectivity index (χ4n) is 2.52. The molecule has 0 saturated heterocycles. The zero-order valence-corrected chi connectivity index (χ0v) is 14.9. The molecule has 0 unspecified atom stereocenters. The summed E-state index contributed by atoms with van der Waals surface area (Å²) >= 11 is 1.69. The summed E-state index contributed by atoms with van der Waals surface area (Å²) in [6.45, 7) is 2.89. The van der Waals surface area contributed by atoms with Crippen molar-refractivity contribution in [1.82, 2.24) is 15.0 Å². The van der Waals surface area contributed by atoms with E-state index >= 15 is 0 Å². The van der Waals surface area contributed by atoms with Crippen molar-refractivity contribution in [3.8, 4) is 5.75 Å². The molecule has 5 nitrogen and oxygen atoms in total. The lowest BCUT2D eigenvalue weighted by molar-refractivity contribution is 0.202. The number of thioether (sulfide) groups is 1. The first-order valence-corrected chi connectivity index (χ1v) is 9.09. The van der Waals surface area contributed by atoms with Crippen molar-refractivity contribution < 1.29 is 9.26 Å². The van der Waals surface area contributed by atoms with Gasteiger partial charge in [0.2, 0.25) is 5.89 Å². The van der Waals surface area contributed by atoms with Crippen LogP contribution in [0, 0.1) is 0 Å². The van der Waals surface area contributed by atoms with Gasteiger partial charge < -0.3 is 9.26 Å². The van der Waals surface area contributed by atoms with Crippen molar-refractivity contribution in [3.05, 3.63) is 35.5 Å². The first-order valence-electron chi connectivity index (χ1n) is 7.87. The maximum Gasteiger partial charge on any atom is 0.243 e. The lowest BCUT2D eigenvalue weighted by Gasteiger charge is -2.22. The molecule has 23 heavy (non-hydrogen) atoms. The number of rotatable bonds is 7. The van der Waals surface area contributed by atoms with Crippen LogP contribution in [0.5, 0.6) is 5.75 Å². The van der Waals surface area contributed by atoms with Crippen molar-refractivity contribution in [1.29, 1.82) is 0 Å². The van der Waals surface area contributed by atoms with E-state index in [2.05, 4.69) is 53.5 Å². The van der Waals surface area contributed by atoms with Gasteiger partial charge in [-0.1, -0.05) is 11.2 Å². The number of methoxy groups -OCH3 is 1. The Bertz CT molecular complexity index is 670. The molecule has 0 radical (unpaired) electrons. The number of benzene rings is 1. The second-order valence-electron chi connectivity index (χ2n) is 6.05. The van der Waals surface area contributed by atoms with Crippen molar-refractivity contribution in [2.75, 3.05) is 20.4 Å². The number of hydrogen-bond acceptors (Lipinski definition) is 6. The molecule has 0 bridgehead atoms. The topological polar surface area (TPSA) is 51.4 Å². The summed E-state index contributed by atoms with van der Waals surface area (Å²) in [6.07, 6.45) is 4.42. The van der Waals surface area contributed by atoms with E-state index in [1.807, 2.05) is 0 Å². The highest BCUT2D eigenvalue weighted by Crippen LogP contribution is 2.38. The highest BCUT2D eigenvalue weighted by atomic mass is 32.2. The van der Waals surface area contributed by atoms with Crippen LogP contribution in [0.25, 0.3) is 0 Å². The maximum absolute atomic E-state index is 5.46. The summed E-state index contributed by atoms with van der Waals surface area (Å²) in [7, 11) is 3.78. The quantitative estimate of drug-likeness (QED) is 0.717. The fraction of sp³-hybridized carbons (Fsp3) is 0.529. The number of ether oxygens (including phenoxy) is 1. The standard InChI is InChI=1S/C17H23N3O2S/c1-11(17-18-16(19-22-17)13-6-7-13)20(2)10-12-5-8-15(23-4)14(9-12)21-3/h5,8-9,11,13H,6-7,10H2,1-4H3/t11-/m1/s1. The van der Waals surface area contributed by atoms with Crippen LogP contribution in [-0.2, 0) is 6.54 Å². The molecular formula is C17H23N3O2S. The first-order chi connectivity index (χ1) is 11.1. The van der Waals surface area contributed by atoms with Crippen LogP contribution in [0.3, 0.4) is 0 Å². The molecule has 1 aromatic heterocycles. The van der Waals surface area contributed by atoms with Gasteiger partial charge in [0.05, 0.1) is 13.2 Å². The highest BCUT2D eigenvalue weighted by Gasteiger charge is 2.30. The molecule has 2 aromatic rings. The Morgan fingerprint density at radius 1 is 1.43 bits per heavy atom. The molecule has 0 N–H and O–H groups in total. The van der Waals surface area contributed by atoms with Crippen molar-refractivity contribution in [2.24, 2.45) is 0 Å². The van der Waals surface area contributed by atoms with Gasteiger partial charge in [0, 0.05) is 17.4 Å². The molecule has 6 heteroatoms. The van der Waals surface area contributed by atoms with Gasteiger partial charge in [0.15, 0.2) is 5.82 Å². The zero-order chi connectivity index (χ0) is 16.4. The minimum atomic E-state index is 0.0845. The molecule has 1 heterocycles. The summed E-state index contributed by atoms with van der Waals surface area (Å²) in [4.78, 5) is 7.91. The van der Waals surface area contributed by atoms with Crippen molar-refractivity contribution in [2.45, 2.75) is 43.2 Å². The molecule has 0 aliphatic heterocycles.